The summed E-state index contributed by atoms with van der Waals surface area (Å²) in [5.74, 6) is -0.411. The van der Waals surface area contributed by atoms with Crippen molar-refractivity contribution in [3.8, 4) is 0 Å². The number of hydrogen-bond donors (Lipinski definition) is 4. The fourth-order valence-electron chi connectivity index (χ4n) is 6.34. The summed E-state index contributed by atoms with van der Waals surface area (Å²) in [6, 6.07) is 0. The van der Waals surface area contributed by atoms with Crippen molar-refractivity contribution < 1.29 is 56.2 Å². The molecule has 0 aromatic heterocycles. The molecule has 1 saturated heterocycles. The molecule has 1 aliphatic heterocycles. The molecule has 0 aliphatic carbocycles. The molecular weight excluding hydrogens is 765 g/mol. The van der Waals surface area contributed by atoms with Crippen LogP contribution in [0.15, 0.2) is 60.8 Å². The van der Waals surface area contributed by atoms with Gasteiger partial charge in [-0.3, -0.25) is 9.35 Å². The van der Waals surface area contributed by atoms with Crippen molar-refractivity contribution in [2.45, 2.75) is 192 Å². The molecule has 0 aromatic carbocycles. The van der Waals surface area contributed by atoms with Gasteiger partial charge in [-0.05, 0) is 57.8 Å². The van der Waals surface area contributed by atoms with Crippen LogP contribution in [0.5, 0.6) is 0 Å². The minimum Gasteiger partial charge on any atom is -0.457 e. The molecule has 1 heterocycles. The van der Waals surface area contributed by atoms with Crippen molar-refractivity contribution in [1.82, 2.24) is 0 Å². The maximum absolute atomic E-state index is 12.8. The first-order valence-electron chi connectivity index (χ1n) is 22.0. The zero-order valence-electron chi connectivity index (χ0n) is 35.6. The molecule has 1 rings (SSSR count). The average molecular weight is 843 g/mol. The number of ether oxygens (including phenoxy) is 4. The third-order valence-corrected chi connectivity index (χ3v) is 10.1. The van der Waals surface area contributed by atoms with E-state index < -0.39 is 59.8 Å². The number of aliphatic hydroxyl groups excluding tert-OH is 3. The van der Waals surface area contributed by atoms with Gasteiger partial charge in [0, 0.05) is 13.0 Å². The van der Waals surface area contributed by atoms with Crippen LogP contribution >= 0.6 is 0 Å². The maximum atomic E-state index is 12.8. The summed E-state index contributed by atoms with van der Waals surface area (Å²) in [6.07, 6.45) is 35.8. The van der Waals surface area contributed by atoms with Gasteiger partial charge in [0.15, 0.2) is 6.29 Å². The highest BCUT2D eigenvalue weighted by Gasteiger charge is 2.48. The fraction of sp³-hybridized carbons (Fsp3) is 0.756. The third-order valence-electron chi connectivity index (χ3n) is 9.65. The summed E-state index contributed by atoms with van der Waals surface area (Å²) in [4.78, 5) is 12.8. The average Bonchev–Trinajstić information content (AvgIpc) is 3.19. The Bertz CT molecular complexity index is 1250. The normalized spacial score (nSPS) is 21.1. The molecule has 0 spiro atoms. The van der Waals surface area contributed by atoms with Crippen LogP contribution in [0.1, 0.15) is 155 Å². The van der Waals surface area contributed by atoms with Crippen LogP contribution in [-0.2, 0) is 38.3 Å². The number of esters is 1. The lowest BCUT2D eigenvalue weighted by molar-refractivity contribution is -0.301. The quantitative estimate of drug-likeness (QED) is 0.0202. The van der Waals surface area contributed by atoms with Crippen molar-refractivity contribution in [3.63, 3.8) is 0 Å². The Balaban J connectivity index is 2.29. The first-order chi connectivity index (χ1) is 28.1. The Hall–Kier alpha value is -2.20. The summed E-state index contributed by atoms with van der Waals surface area (Å²) in [5.41, 5.74) is 0. The molecule has 0 saturated carbocycles. The summed E-state index contributed by atoms with van der Waals surface area (Å²) in [5, 5.41) is 30.5. The van der Waals surface area contributed by atoms with Gasteiger partial charge in [0.25, 0.3) is 0 Å². The predicted octanol–water partition coefficient (Wildman–Crippen LogP) is 8.96. The molecule has 13 heteroatoms. The van der Waals surface area contributed by atoms with Gasteiger partial charge in [0.2, 0.25) is 0 Å². The summed E-state index contributed by atoms with van der Waals surface area (Å²) >= 11 is 0. The molecule has 336 valence electrons. The van der Waals surface area contributed by atoms with Gasteiger partial charge in [0.1, 0.15) is 30.5 Å². The lowest BCUT2D eigenvalue weighted by Gasteiger charge is -2.41. The third kappa shape index (κ3) is 29.9. The summed E-state index contributed by atoms with van der Waals surface area (Å²) in [6.45, 7) is 3.79. The number of allylic oxidation sites excluding steroid dienone is 10. The van der Waals surface area contributed by atoms with E-state index in [1.807, 2.05) is 0 Å². The maximum Gasteiger partial charge on any atom is 0.397 e. The fourth-order valence-corrected chi connectivity index (χ4v) is 6.85. The second-order valence-electron chi connectivity index (χ2n) is 14.9. The second kappa shape index (κ2) is 36.6. The van der Waals surface area contributed by atoms with E-state index in [-0.39, 0.29) is 19.6 Å². The van der Waals surface area contributed by atoms with Gasteiger partial charge < -0.3 is 34.3 Å². The van der Waals surface area contributed by atoms with Crippen molar-refractivity contribution in [2.24, 2.45) is 0 Å². The minimum atomic E-state index is -5.06. The van der Waals surface area contributed by atoms with Gasteiger partial charge in [-0.1, -0.05) is 152 Å². The Kier molecular flexibility index (Phi) is 34.0. The number of carbonyl (C=O) groups is 1. The van der Waals surface area contributed by atoms with Gasteiger partial charge >= 0.3 is 16.4 Å². The van der Waals surface area contributed by atoms with E-state index in [9.17, 15) is 28.5 Å². The standard InChI is InChI=1S/C45H78O12S/c1-3-5-7-9-11-12-13-14-15-16-17-18-19-20-21-22-23-24-25-26-27-28-29-30-32-34-41(47)55-39(37-53-35-33-31-10-8-6-4-2)38-54-45-43(49)44(57-58(50,51)52)42(48)40(36-46)56-45/h5,7,11-12,14-15,17-18,20-21,39-40,42-46,48-49H,3-4,6,8-10,13,16,19,22-38H2,1-2H3,(H,50,51,52)/b7-5-,12-11-,15-14-,18-17-,21-20-. The highest BCUT2D eigenvalue weighted by atomic mass is 32.3. The topological polar surface area (TPSA) is 178 Å². The van der Waals surface area contributed by atoms with E-state index in [0.29, 0.717) is 13.0 Å². The zero-order valence-corrected chi connectivity index (χ0v) is 36.4. The smallest absolute Gasteiger partial charge is 0.397 e. The molecule has 0 aromatic rings. The van der Waals surface area contributed by atoms with Crippen molar-refractivity contribution in [1.29, 1.82) is 0 Å². The number of rotatable bonds is 37. The van der Waals surface area contributed by atoms with Crippen LogP contribution < -0.4 is 0 Å². The molecular formula is C45H78O12S. The Morgan fingerprint density at radius 1 is 0.672 bits per heavy atom. The highest BCUT2D eigenvalue weighted by molar-refractivity contribution is 7.80. The van der Waals surface area contributed by atoms with Gasteiger partial charge in [0.05, 0.1) is 19.8 Å². The Morgan fingerprint density at radius 2 is 1.19 bits per heavy atom. The molecule has 0 radical (unpaired) electrons. The lowest BCUT2D eigenvalue weighted by Crippen LogP contribution is -2.60. The van der Waals surface area contributed by atoms with Crippen LogP contribution in [0.25, 0.3) is 0 Å². The molecule has 1 aliphatic rings. The molecule has 0 amide bonds. The first-order valence-corrected chi connectivity index (χ1v) is 23.4. The summed E-state index contributed by atoms with van der Waals surface area (Å²) < 4.78 is 58.7. The van der Waals surface area contributed by atoms with Crippen LogP contribution in [0.2, 0.25) is 0 Å². The molecule has 0 bridgehead atoms. The van der Waals surface area contributed by atoms with E-state index in [1.165, 1.54) is 44.9 Å². The molecule has 4 N–H and O–H groups in total. The monoisotopic (exact) mass is 843 g/mol. The van der Waals surface area contributed by atoms with E-state index in [1.54, 1.807) is 0 Å². The van der Waals surface area contributed by atoms with Crippen LogP contribution in [0.3, 0.4) is 0 Å². The van der Waals surface area contributed by atoms with E-state index in [4.69, 9.17) is 23.5 Å². The predicted molar refractivity (Wildman–Crippen MR) is 229 cm³/mol. The van der Waals surface area contributed by atoms with Crippen molar-refractivity contribution in [3.05, 3.63) is 60.8 Å². The molecule has 1 fully saturated rings. The Labute approximate surface area is 350 Å². The van der Waals surface area contributed by atoms with E-state index >= 15 is 0 Å². The van der Waals surface area contributed by atoms with Crippen LogP contribution in [0, 0.1) is 0 Å². The van der Waals surface area contributed by atoms with Gasteiger partial charge in [-0.25, -0.2) is 4.18 Å². The largest absolute Gasteiger partial charge is 0.457 e. The molecule has 58 heavy (non-hydrogen) atoms. The van der Waals surface area contributed by atoms with E-state index in [2.05, 4.69) is 78.8 Å². The zero-order chi connectivity index (χ0) is 42.5. The number of hydrogen-bond acceptors (Lipinski definition) is 11. The van der Waals surface area contributed by atoms with Crippen molar-refractivity contribution in [2.75, 3.05) is 26.4 Å². The number of unbranched alkanes of at least 4 members (excludes halogenated alkanes) is 14. The highest BCUT2D eigenvalue weighted by Crippen LogP contribution is 2.26. The number of aliphatic hydroxyl groups is 3. The summed E-state index contributed by atoms with van der Waals surface area (Å²) in [7, 11) is -5.06. The SMILES string of the molecule is CC/C=C\C/C=C\C/C=C\C/C=C\C/C=C\CCCCCCCCCCCC(=O)OC(COCCCCCCCC)COC1OC(CO)C(O)C(OS(=O)(=O)O)C1O. The molecule has 6 unspecified atom stereocenters. The first kappa shape index (κ1) is 53.8. The molecule has 12 nitrogen and oxygen atoms in total. The number of carbonyl (C=O) groups excluding carboxylic acids is 1. The van der Waals surface area contributed by atoms with Crippen LogP contribution in [0.4, 0.5) is 0 Å². The van der Waals surface area contributed by atoms with Crippen LogP contribution in [-0.4, -0.2) is 97.5 Å². The van der Waals surface area contributed by atoms with Gasteiger partial charge in [-0.15, -0.1) is 0 Å². The van der Waals surface area contributed by atoms with E-state index in [0.717, 1.165) is 83.5 Å². The Morgan fingerprint density at radius 3 is 1.74 bits per heavy atom. The van der Waals surface area contributed by atoms with Gasteiger partial charge in [-0.2, -0.15) is 8.42 Å². The van der Waals surface area contributed by atoms with Crippen molar-refractivity contribution >= 4 is 16.4 Å². The molecule has 6 atom stereocenters. The lowest BCUT2D eigenvalue weighted by atomic mass is 9.99. The second-order valence-corrected chi connectivity index (χ2v) is 16.0. The minimum absolute atomic E-state index is 0.0306.